The van der Waals surface area contributed by atoms with Crippen molar-refractivity contribution < 1.29 is 19.3 Å². The van der Waals surface area contributed by atoms with Gasteiger partial charge in [-0.05, 0) is 41.8 Å². The van der Waals surface area contributed by atoms with Crippen LogP contribution in [0.1, 0.15) is 22.7 Å². The van der Waals surface area contributed by atoms with Gasteiger partial charge in [-0.2, -0.15) is 5.10 Å². The number of carbonyl (C=O) groups is 3. The SMILES string of the molecule is Cc1cc([N+](=O)[O-])ccc1N1C(=O)[C@@H]2[C@H](C1=O)[C@H]1c3ccccc3C=NN1[C@H]2C(=O)Nc1ccccc1. The summed E-state index contributed by atoms with van der Waals surface area (Å²) in [6.07, 6.45) is 1.64. The monoisotopic (exact) mass is 495 g/mol. The number of imide groups is 1. The number of nitro groups is 1. The first-order chi connectivity index (χ1) is 17.9. The second-order valence-electron chi connectivity index (χ2n) is 9.29. The lowest BCUT2D eigenvalue weighted by atomic mass is 9.85. The molecule has 0 spiro atoms. The van der Waals surface area contributed by atoms with E-state index in [0.717, 1.165) is 16.0 Å². The quantitative estimate of drug-likeness (QED) is 0.336. The number of fused-ring (bicyclic) bond motifs is 5. The van der Waals surface area contributed by atoms with E-state index in [1.807, 2.05) is 30.3 Å². The Balaban J connectivity index is 1.45. The fraction of sp³-hybridized carbons (Fsp3) is 0.185. The minimum Gasteiger partial charge on any atom is -0.324 e. The topological polar surface area (TPSA) is 125 Å². The molecule has 184 valence electrons. The van der Waals surface area contributed by atoms with Crippen LogP contribution in [0.15, 0.2) is 77.9 Å². The smallest absolute Gasteiger partial charge is 0.269 e. The zero-order valence-electron chi connectivity index (χ0n) is 19.6. The van der Waals surface area contributed by atoms with Crippen LogP contribution in [-0.2, 0) is 14.4 Å². The third-order valence-corrected chi connectivity index (χ3v) is 7.24. The van der Waals surface area contributed by atoms with Gasteiger partial charge in [-0.3, -0.25) is 29.5 Å². The Kier molecular flexibility index (Phi) is 5.11. The average molecular weight is 495 g/mol. The molecular weight excluding hydrogens is 474 g/mol. The number of para-hydroxylation sites is 1. The number of nitrogens with zero attached hydrogens (tertiary/aromatic N) is 4. The van der Waals surface area contributed by atoms with Crippen LogP contribution in [0.4, 0.5) is 17.1 Å². The van der Waals surface area contributed by atoms with Crippen molar-refractivity contribution in [2.75, 3.05) is 10.2 Å². The molecule has 0 saturated carbocycles. The van der Waals surface area contributed by atoms with Gasteiger partial charge in [-0.25, -0.2) is 4.90 Å². The Morgan fingerprint density at radius 3 is 2.41 bits per heavy atom. The normalized spacial score (nSPS) is 23.5. The van der Waals surface area contributed by atoms with Gasteiger partial charge in [0.2, 0.25) is 17.7 Å². The van der Waals surface area contributed by atoms with E-state index in [9.17, 15) is 24.5 Å². The number of anilines is 2. The minimum atomic E-state index is -1.03. The van der Waals surface area contributed by atoms with Crippen LogP contribution in [0, 0.1) is 28.9 Å². The zero-order valence-corrected chi connectivity index (χ0v) is 19.6. The molecule has 3 amide bonds. The Morgan fingerprint density at radius 1 is 0.973 bits per heavy atom. The third kappa shape index (κ3) is 3.40. The lowest BCUT2D eigenvalue weighted by molar-refractivity contribution is -0.384. The number of rotatable bonds is 4. The summed E-state index contributed by atoms with van der Waals surface area (Å²) in [5, 5.41) is 20.2. The van der Waals surface area contributed by atoms with E-state index in [1.165, 1.54) is 18.2 Å². The van der Waals surface area contributed by atoms with Crippen LogP contribution in [-0.4, -0.2) is 39.9 Å². The maximum Gasteiger partial charge on any atom is 0.269 e. The second-order valence-corrected chi connectivity index (χ2v) is 9.29. The van der Waals surface area contributed by atoms with Crippen molar-refractivity contribution in [1.82, 2.24) is 5.01 Å². The van der Waals surface area contributed by atoms with E-state index in [2.05, 4.69) is 10.4 Å². The number of aryl methyl sites for hydroxylation is 1. The van der Waals surface area contributed by atoms with E-state index < -0.39 is 46.6 Å². The van der Waals surface area contributed by atoms with Gasteiger partial charge in [0.15, 0.2) is 0 Å². The van der Waals surface area contributed by atoms with E-state index in [1.54, 1.807) is 42.4 Å². The van der Waals surface area contributed by atoms with Crippen molar-refractivity contribution in [3.05, 3.63) is 99.6 Å². The molecular formula is C27H21N5O5. The summed E-state index contributed by atoms with van der Waals surface area (Å²) in [7, 11) is 0. The molecule has 0 aliphatic carbocycles. The van der Waals surface area contributed by atoms with Crippen LogP contribution in [0.5, 0.6) is 0 Å². The van der Waals surface area contributed by atoms with Gasteiger partial charge in [0.05, 0.1) is 34.7 Å². The number of amides is 3. The summed E-state index contributed by atoms with van der Waals surface area (Å²) < 4.78 is 0. The maximum atomic E-state index is 13.9. The van der Waals surface area contributed by atoms with Crippen molar-refractivity contribution in [2.45, 2.75) is 19.0 Å². The molecule has 2 saturated heterocycles. The second kappa shape index (κ2) is 8.37. The molecule has 0 unspecified atom stereocenters. The Labute approximate surface area is 211 Å². The van der Waals surface area contributed by atoms with E-state index >= 15 is 0 Å². The highest BCUT2D eigenvalue weighted by atomic mass is 16.6. The largest absolute Gasteiger partial charge is 0.324 e. The molecule has 3 aliphatic rings. The van der Waals surface area contributed by atoms with Crippen molar-refractivity contribution in [2.24, 2.45) is 16.9 Å². The van der Waals surface area contributed by atoms with Gasteiger partial charge < -0.3 is 5.32 Å². The highest BCUT2D eigenvalue weighted by molar-refractivity contribution is 6.24. The molecule has 0 aromatic heterocycles. The summed E-state index contributed by atoms with van der Waals surface area (Å²) in [5.74, 6) is -3.26. The molecule has 3 heterocycles. The van der Waals surface area contributed by atoms with E-state index in [0.29, 0.717) is 11.3 Å². The number of benzene rings is 3. The first-order valence-corrected chi connectivity index (χ1v) is 11.8. The first kappa shape index (κ1) is 22.6. The predicted octanol–water partition coefficient (Wildman–Crippen LogP) is 3.42. The molecule has 3 aromatic rings. The van der Waals surface area contributed by atoms with Crippen LogP contribution in [0.2, 0.25) is 0 Å². The highest BCUT2D eigenvalue weighted by Crippen LogP contribution is 2.53. The van der Waals surface area contributed by atoms with Crippen LogP contribution < -0.4 is 10.2 Å². The highest BCUT2D eigenvalue weighted by Gasteiger charge is 2.65. The lowest BCUT2D eigenvalue weighted by Crippen LogP contribution is -2.46. The van der Waals surface area contributed by atoms with Crippen molar-refractivity contribution in [1.29, 1.82) is 0 Å². The number of non-ortho nitro benzene ring substituents is 1. The molecule has 10 nitrogen and oxygen atoms in total. The fourth-order valence-electron chi connectivity index (χ4n) is 5.65. The van der Waals surface area contributed by atoms with Crippen LogP contribution in [0.25, 0.3) is 0 Å². The standard InChI is InChI=1S/C27H21N5O5/c1-15-13-18(32(36)37)11-12-20(15)30-26(34)21-22(27(30)35)24(25(33)29-17-8-3-2-4-9-17)31-23(21)19-10-6-5-7-16(19)14-28-31/h2-14,21-24H,1H3,(H,29,33)/t21-,22+,23+,24+/m0/s1. The van der Waals surface area contributed by atoms with Crippen molar-refractivity contribution >= 4 is 41.0 Å². The molecule has 3 aliphatic heterocycles. The number of hydrogen-bond donors (Lipinski definition) is 1. The summed E-state index contributed by atoms with van der Waals surface area (Å²) >= 11 is 0. The number of carbonyl (C=O) groups excluding carboxylic acids is 3. The van der Waals surface area contributed by atoms with Crippen LogP contribution in [0.3, 0.4) is 0 Å². The molecule has 0 bridgehead atoms. The van der Waals surface area contributed by atoms with Gasteiger partial charge in [0, 0.05) is 17.8 Å². The average Bonchev–Trinajstić information content (AvgIpc) is 3.37. The zero-order chi connectivity index (χ0) is 25.8. The summed E-state index contributed by atoms with van der Waals surface area (Å²) in [6.45, 7) is 1.61. The summed E-state index contributed by atoms with van der Waals surface area (Å²) in [5.41, 5.74) is 2.75. The van der Waals surface area contributed by atoms with Gasteiger partial charge in [0.25, 0.3) is 5.69 Å². The molecule has 1 N–H and O–H groups in total. The van der Waals surface area contributed by atoms with E-state index in [4.69, 9.17) is 0 Å². The first-order valence-electron chi connectivity index (χ1n) is 11.8. The van der Waals surface area contributed by atoms with Crippen molar-refractivity contribution in [3.63, 3.8) is 0 Å². The molecule has 3 aromatic carbocycles. The number of nitrogens with one attached hydrogen (secondary N) is 1. The maximum absolute atomic E-state index is 13.9. The Hall–Kier alpha value is -4.86. The van der Waals surface area contributed by atoms with Crippen molar-refractivity contribution in [3.8, 4) is 0 Å². The molecule has 0 radical (unpaired) electrons. The summed E-state index contributed by atoms with van der Waals surface area (Å²) in [6, 6.07) is 18.7. The Bertz CT molecular complexity index is 1500. The molecule has 2 fully saturated rings. The van der Waals surface area contributed by atoms with Gasteiger partial charge in [-0.15, -0.1) is 0 Å². The molecule has 10 heteroatoms. The fourth-order valence-corrected chi connectivity index (χ4v) is 5.65. The molecule has 37 heavy (non-hydrogen) atoms. The van der Waals surface area contributed by atoms with Gasteiger partial charge in [0.1, 0.15) is 6.04 Å². The van der Waals surface area contributed by atoms with E-state index in [-0.39, 0.29) is 11.4 Å². The van der Waals surface area contributed by atoms with Gasteiger partial charge >= 0.3 is 0 Å². The minimum absolute atomic E-state index is 0.137. The van der Waals surface area contributed by atoms with Gasteiger partial charge in [-0.1, -0.05) is 42.5 Å². The number of hydrogen-bond acceptors (Lipinski definition) is 7. The Morgan fingerprint density at radius 2 is 1.68 bits per heavy atom. The summed E-state index contributed by atoms with van der Waals surface area (Å²) in [4.78, 5) is 53.2. The van der Waals surface area contributed by atoms with Crippen LogP contribution >= 0.6 is 0 Å². The molecule has 4 atom stereocenters. The third-order valence-electron chi connectivity index (χ3n) is 7.24. The lowest BCUT2D eigenvalue weighted by Gasteiger charge is -2.33. The predicted molar refractivity (Wildman–Crippen MR) is 135 cm³/mol. The number of nitro benzene ring substituents is 1. The molecule has 6 rings (SSSR count). The number of hydrazone groups is 1.